The fourth-order valence-electron chi connectivity index (χ4n) is 2.21. The summed E-state index contributed by atoms with van der Waals surface area (Å²) in [5.74, 6) is -0.356. The van der Waals surface area contributed by atoms with E-state index in [2.05, 4.69) is 21.2 Å². The van der Waals surface area contributed by atoms with E-state index in [9.17, 15) is 9.18 Å². The minimum absolute atomic E-state index is 0.0932. The van der Waals surface area contributed by atoms with Crippen molar-refractivity contribution < 1.29 is 9.18 Å². The molecule has 22 heavy (non-hydrogen) atoms. The molecule has 3 nitrogen and oxygen atoms in total. The van der Waals surface area contributed by atoms with Gasteiger partial charge in [0.15, 0.2) is 0 Å². The number of nitrogens with zero attached hydrogens (tertiary/aromatic N) is 1. The van der Waals surface area contributed by atoms with Crippen LogP contribution in [0, 0.1) is 12.7 Å². The number of hydrogen-bond acceptors (Lipinski definition) is 2. The first-order valence-corrected chi connectivity index (χ1v) is 7.72. The summed E-state index contributed by atoms with van der Waals surface area (Å²) in [6.07, 6.45) is 0. The lowest BCUT2D eigenvalue weighted by molar-refractivity contribution is -0.117. The Hall–Kier alpha value is -1.72. The standard InChI is InChI=1S/C17H18BrFN2O/c1-12-8-14(18)6-7-16(12)20-17(22)11-21(2)10-13-4-3-5-15(19)9-13/h3-9H,10-11H2,1-2H3,(H,20,22). The molecule has 0 aliphatic rings. The van der Waals surface area contributed by atoms with Crippen LogP contribution >= 0.6 is 15.9 Å². The molecule has 0 atom stereocenters. The van der Waals surface area contributed by atoms with Gasteiger partial charge in [-0.1, -0.05) is 28.1 Å². The van der Waals surface area contributed by atoms with Crippen LogP contribution in [-0.2, 0) is 11.3 Å². The molecule has 2 rings (SSSR count). The van der Waals surface area contributed by atoms with Crippen molar-refractivity contribution in [2.45, 2.75) is 13.5 Å². The third kappa shape index (κ3) is 4.93. The summed E-state index contributed by atoms with van der Waals surface area (Å²) in [4.78, 5) is 13.9. The van der Waals surface area contributed by atoms with Crippen LogP contribution in [0.3, 0.4) is 0 Å². The lowest BCUT2D eigenvalue weighted by atomic mass is 10.2. The molecule has 0 aromatic heterocycles. The molecule has 2 aromatic carbocycles. The molecular formula is C17H18BrFN2O. The zero-order valence-corrected chi connectivity index (χ0v) is 14.2. The molecule has 1 amide bonds. The van der Waals surface area contributed by atoms with Gasteiger partial charge in [-0.3, -0.25) is 9.69 Å². The van der Waals surface area contributed by atoms with E-state index < -0.39 is 0 Å². The molecule has 5 heteroatoms. The number of benzene rings is 2. The Bertz CT molecular complexity index is 675. The topological polar surface area (TPSA) is 32.3 Å². The average molecular weight is 365 g/mol. The highest BCUT2D eigenvalue weighted by Crippen LogP contribution is 2.20. The van der Waals surface area contributed by atoms with Crippen LogP contribution in [0.4, 0.5) is 10.1 Å². The Kier molecular flexibility index (Phi) is 5.69. The van der Waals surface area contributed by atoms with Crippen LogP contribution in [0.5, 0.6) is 0 Å². The van der Waals surface area contributed by atoms with Crippen molar-refractivity contribution in [3.05, 3.63) is 63.9 Å². The van der Waals surface area contributed by atoms with Crippen LogP contribution in [0.25, 0.3) is 0 Å². The van der Waals surface area contributed by atoms with Gasteiger partial charge in [0.25, 0.3) is 0 Å². The Balaban J connectivity index is 1.91. The van der Waals surface area contributed by atoms with E-state index in [1.165, 1.54) is 12.1 Å². The fraction of sp³-hybridized carbons (Fsp3) is 0.235. The molecule has 0 fully saturated rings. The maximum atomic E-state index is 13.1. The van der Waals surface area contributed by atoms with Crippen molar-refractivity contribution in [3.63, 3.8) is 0 Å². The molecule has 0 unspecified atom stereocenters. The second kappa shape index (κ2) is 7.51. The third-order valence-corrected chi connectivity index (χ3v) is 3.71. The minimum atomic E-state index is -0.263. The number of rotatable bonds is 5. The van der Waals surface area contributed by atoms with Crippen LogP contribution < -0.4 is 5.32 Å². The number of aryl methyl sites for hydroxylation is 1. The summed E-state index contributed by atoms with van der Waals surface area (Å²) in [5.41, 5.74) is 2.64. The van der Waals surface area contributed by atoms with Crippen LogP contribution in [0.15, 0.2) is 46.9 Å². The van der Waals surface area contributed by atoms with E-state index in [1.54, 1.807) is 6.07 Å². The van der Waals surface area contributed by atoms with Crippen molar-refractivity contribution in [1.82, 2.24) is 4.90 Å². The Labute approximate surface area is 138 Å². The molecule has 0 radical (unpaired) electrons. The van der Waals surface area contributed by atoms with E-state index >= 15 is 0 Å². The molecule has 0 aliphatic heterocycles. The number of halogens is 2. The highest BCUT2D eigenvalue weighted by atomic mass is 79.9. The minimum Gasteiger partial charge on any atom is -0.325 e. The van der Waals surface area contributed by atoms with Crippen LogP contribution in [0.2, 0.25) is 0 Å². The Morgan fingerprint density at radius 2 is 2.05 bits per heavy atom. The zero-order chi connectivity index (χ0) is 16.1. The van der Waals surface area contributed by atoms with Crippen LogP contribution in [0.1, 0.15) is 11.1 Å². The van der Waals surface area contributed by atoms with Crippen molar-refractivity contribution in [3.8, 4) is 0 Å². The first kappa shape index (κ1) is 16.6. The highest BCUT2D eigenvalue weighted by Gasteiger charge is 2.09. The Morgan fingerprint density at radius 1 is 1.27 bits per heavy atom. The summed E-state index contributed by atoms with van der Waals surface area (Å²) in [6.45, 7) is 2.70. The van der Waals surface area contributed by atoms with Crippen molar-refractivity contribution in [2.75, 3.05) is 18.9 Å². The summed E-state index contributed by atoms with van der Waals surface area (Å²) >= 11 is 3.39. The number of carbonyl (C=O) groups is 1. The van der Waals surface area contributed by atoms with Gasteiger partial charge in [0.1, 0.15) is 5.82 Å². The average Bonchev–Trinajstić information content (AvgIpc) is 2.41. The zero-order valence-electron chi connectivity index (χ0n) is 12.6. The predicted molar refractivity (Wildman–Crippen MR) is 90.2 cm³/mol. The number of likely N-dealkylation sites (N-methyl/N-ethyl adjacent to an activating group) is 1. The Morgan fingerprint density at radius 3 is 2.73 bits per heavy atom. The summed E-state index contributed by atoms with van der Waals surface area (Å²) in [7, 11) is 1.83. The molecule has 0 aliphatic carbocycles. The largest absolute Gasteiger partial charge is 0.325 e. The van der Waals surface area contributed by atoms with Gasteiger partial charge in [-0.15, -0.1) is 0 Å². The van der Waals surface area contributed by atoms with Gasteiger partial charge in [-0.25, -0.2) is 4.39 Å². The quantitative estimate of drug-likeness (QED) is 0.870. The van der Waals surface area contributed by atoms with E-state index in [0.29, 0.717) is 6.54 Å². The maximum absolute atomic E-state index is 13.1. The summed E-state index contributed by atoms with van der Waals surface area (Å²) in [6, 6.07) is 12.1. The molecule has 0 heterocycles. The van der Waals surface area contributed by atoms with Gasteiger partial charge in [-0.05, 0) is 55.4 Å². The van der Waals surface area contributed by atoms with Crippen LogP contribution in [-0.4, -0.2) is 24.4 Å². The van der Waals surface area contributed by atoms with Crippen molar-refractivity contribution in [2.24, 2.45) is 0 Å². The molecule has 0 spiro atoms. The molecule has 0 saturated heterocycles. The first-order valence-electron chi connectivity index (χ1n) is 6.93. The second-order valence-electron chi connectivity index (χ2n) is 5.31. The van der Waals surface area contributed by atoms with Gasteiger partial charge in [0, 0.05) is 16.7 Å². The normalized spacial score (nSPS) is 10.8. The van der Waals surface area contributed by atoms with E-state index in [4.69, 9.17) is 0 Å². The van der Waals surface area contributed by atoms with Gasteiger partial charge in [0.2, 0.25) is 5.91 Å². The van der Waals surface area contributed by atoms with Gasteiger partial charge < -0.3 is 5.32 Å². The number of amides is 1. The second-order valence-corrected chi connectivity index (χ2v) is 6.23. The molecule has 116 valence electrons. The van der Waals surface area contributed by atoms with Crippen molar-refractivity contribution >= 4 is 27.5 Å². The first-order chi connectivity index (χ1) is 10.4. The predicted octanol–water partition coefficient (Wildman–Crippen LogP) is 3.97. The lowest BCUT2D eigenvalue weighted by Crippen LogP contribution is -2.30. The number of anilines is 1. The molecule has 1 N–H and O–H groups in total. The third-order valence-electron chi connectivity index (χ3n) is 3.22. The lowest BCUT2D eigenvalue weighted by Gasteiger charge is -2.17. The SMILES string of the molecule is Cc1cc(Br)ccc1NC(=O)CN(C)Cc1cccc(F)c1. The molecular weight excluding hydrogens is 347 g/mol. The number of carbonyl (C=O) groups excluding carboxylic acids is 1. The monoisotopic (exact) mass is 364 g/mol. The smallest absolute Gasteiger partial charge is 0.238 e. The van der Waals surface area contributed by atoms with Gasteiger partial charge in [-0.2, -0.15) is 0 Å². The van der Waals surface area contributed by atoms with Gasteiger partial charge in [0.05, 0.1) is 6.54 Å². The summed E-state index contributed by atoms with van der Waals surface area (Å²) in [5, 5.41) is 2.89. The molecule has 2 aromatic rings. The maximum Gasteiger partial charge on any atom is 0.238 e. The van der Waals surface area contributed by atoms with E-state index in [0.717, 1.165) is 21.3 Å². The molecule has 0 saturated carbocycles. The van der Waals surface area contributed by atoms with E-state index in [1.807, 2.05) is 43.1 Å². The summed E-state index contributed by atoms with van der Waals surface area (Å²) < 4.78 is 14.1. The number of nitrogens with one attached hydrogen (secondary N) is 1. The number of hydrogen-bond donors (Lipinski definition) is 1. The highest BCUT2D eigenvalue weighted by molar-refractivity contribution is 9.10. The van der Waals surface area contributed by atoms with Gasteiger partial charge >= 0.3 is 0 Å². The van der Waals surface area contributed by atoms with Crippen molar-refractivity contribution in [1.29, 1.82) is 0 Å². The van der Waals surface area contributed by atoms with E-state index in [-0.39, 0.29) is 18.3 Å². The fourth-order valence-corrected chi connectivity index (χ4v) is 2.68. The molecule has 0 bridgehead atoms.